The number of carboxylic acids is 1. The summed E-state index contributed by atoms with van der Waals surface area (Å²) in [4.78, 5) is 42.5. The van der Waals surface area contributed by atoms with E-state index in [1.807, 2.05) is 17.0 Å². The maximum Gasteiger partial charge on any atom is 0.347 e. The second-order valence-corrected chi connectivity index (χ2v) is 8.50. The Morgan fingerprint density at radius 2 is 1.89 bits per heavy atom. The lowest BCUT2D eigenvalue weighted by atomic mass is 9.95. The molecule has 0 bridgehead atoms. The smallest absolute Gasteiger partial charge is 0.347 e. The van der Waals surface area contributed by atoms with Gasteiger partial charge in [-0.05, 0) is 49.8 Å². The number of nitrogens with zero attached hydrogens (tertiary/aromatic N) is 2. The van der Waals surface area contributed by atoms with Crippen LogP contribution in [0, 0.1) is 0 Å². The number of piperidine rings is 1. The molecule has 1 aliphatic heterocycles. The zero-order chi connectivity index (χ0) is 19.7. The summed E-state index contributed by atoms with van der Waals surface area (Å²) in [5.41, 5.74) is 2.41. The van der Waals surface area contributed by atoms with Gasteiger partial charge in [-0.2, -0.15) is 0 Å². The van der Waals surface area contributed by atoms with Crippen LogP contribution in [0.2, 0.25) is 0 Å². The molecule has 2 aliphatic rings. The predicted octanol–water partition coefficient (Wildman–Crippen LogP) is 3.77. The Morgan fingerprint density at radius 1 is 1.14 bits per heavy atom. The van der Waals surface area contributed by atoms with Gasteiger partial charge in [0.25, 0.3) is 5.91 Å². The van der Waals surface area contributed by atoms with E-state index in [0.29, 0.717) is 25.1 Å². The van der Waals surface area contributed by atoms with Crippen LogP contribution in [0.4, 0.5) is 0 Å². The fourth-order valence-electron chi connectivity index (χ4n) is 4.03. The highest BCUT2D eigenvalue weighted by Gasteiger charge is 2.27. The number of carbonyl (C=O) groups excluding carboxylic acids is 2. The van der Waals surface area contributed by atoms with E-state index in [-0.39, 0.29) is 22.5 Å². The van der Waals surface area contributed by atoms with Crippen molar-refractivity contribution in [3.05, 3.63) is 51.0 Å². The summed E-state index contributed by atoms with van der Waals surface area (Å²) in [6.45, 7) is 1.25. The molecule has 1 saturated heterocycles. The number of hydrogen-bond acceptors (Lipinski definition) is 5. The fourth-order valence-corrected chi connectivity index (χ4v) is 4.95. The van der Waals surface area contributed by atoms with Crippen molar-refractivity contribution < 1.29 is 19.5 Å². The molecule has 6 nitrogen and oxygen atoms in total. The molecule has 28 heavy (non-hydrogen) atoms. The summed E-state index contributed by atoms with van der Waals surface area (Å²) in [5.74, 6) is -0.565. The second-order valence-electron chi connectivity index (χ2n) is 7.44. The Hall–Kier alpha value is -2.54. The molecular formula is C21H22N2O4S. The number of hydrogen-bond donors (Lipinski definition) is 1. The Morgan fingerprint density at radius 3 is 2.61 bits per heavy atom. The van der Waals surface area contributed by atoms with Crippen LogP contribution in [0.3, 0.4) is 0 Å². The van der Waals surface area contributed by atoms with E-state index < -0.39 is 5.97 Å². The zero-order valence-corrected chi connectivity index (χ0v) is 16.3. The number of carbonyl (C=O) groups is 3. The van der Waals surface area contributed by atoms with Gasteiger partial charge in [0.05, 0.1) is 11.2 Å². The van der Waals surface area contributed by atoms with E-state index in [2.05, 4.69) is 4.98 Å². The van der Waals surface area contributed by atoms with Gasteiger partial charge in [-0.15, -0.1) is 11.3 Å². The fraction of sp³-hybridized carbons (Fsp3) is 0.429. The minimum absolute atomic E-state index is 0.00306. The second kappa shape index (κ2) is 7.83. The number of aromatic carboxylic acids is 1. The lowest BCUT2D eigenvalue weighted by Crippen LogP contribution is -2.38. The van der Waals surface area contributed by atoms with Crippen LogP contribution in [0.25, 0.3) is 0 Å². The van der Waals surface area contributed by atoms with E-state index in [0.717, 1.165) is 48.2 Å². The van der Waals surface area contributed by atoms with E-state index >= 15 is 0 Å². The summed E-state index contributed by atoms with van der Waals surface area (Å²) in [6, 6.07) is 5.48. The van der Waals surface area contributed by atoms with Gasteiger partial charge in [0, 0.05) is 36.6 Å². The zero-order valence-electron chi connectivity index (χ0n) is 15.5. The molecule has 0 saturated carbocycles. The first-order chi connectivity index (χ1) is 13.5. The predicted molar refractivity (Wildman–Crippen MR) is 105 cm³/mol. The number of benzene rings is 1. The van der Waals surface area contributed by atoms with Crippen molar-refractivity contribution in [2.24, 2.45) is 0 Å². The number of amides is 1. The number of carboxylic acid groups (broad SMARTS) is 1. The van der Waals surface area contributed by atoms with Crippen molar-refractivity contribution in [2.45, 2.75) is 44.4 Å². The Kier molecular flexibility index (Phi) is 5.26. The van der Waals surface area contributed by atoms with Crippen molar-refractivity contribution in [3.63, 3.8) is 0 Å². The van der Waals surface area contributed by atoms with Gasteiger partial charge in [0.15, 0.2) is 5.78 Å². The number of aromatic nitrogens is 1. The molecule has 2 heterocycles. The summed E-state index contributed by atoms with van der Waals surface area (Å²) < 4.78 is 0. The molecule has 1 aliphatic carbocycles. The van der Waals surface area contributed by atoms with Crippen LogP contribution < -0.4 is 0 Å². The Bertz CT molecular complexity index is 928. The normalized spacial score (nSPS) is 17.9. The highest BCUT2D eigenvalue weighted by atomic mass is 32.1. The highest BCUT2D eigenvalue weighted by molar-refractivity contribution is 7.13. The van der Waals surface area contributed by atoms with Gasteiger partial charge >= 0.3 is 5.97 Å². The lowest BCUT2D eigenvalue weighted by Gasteiger charge is -2.31. The van der Waals surface area contributed by atoms with Crippen LogP contribution in [0.5, 0.6) is 0 Å². The van der Waals surface area contributed by atoms with Crippen molar-refractivity contribution in [1.29, 1.82) is 0 Å². The Labute approximate surface area is 167 Å². The maximum atomic E-state index is 12.9. The van der Waals surface area contributed by atoms with Crippen LogP contribution >= 0.6 is 11.3 Å². The first kappa shape index (κ1) is 18.8. The quantitative estimate of drug-likeness (QED) is 0.795. The van der Waals surface area contributed by atoms with E-state index in [4.69, 9.17) is 5.11 Å². The summed E-state index contributed by atoms with van der Waals surface area (Å²) in [7, 11) is 0. The monoisotopic (exact) mass is 398 g/mol. The van der Waals surface area contributed by atoms with Crippen molar-refractivity contribution in [1.82, 2.24) is 9.88 Å². The average Bonchev–Trinajstić information content (AvgIpc) is 3.14. The van der Waals surface area contributed by atoms with Crippen LogP contribution in [0.1, 0.15) is 79.0 Å². The summed E-state index contributed by atoms with van der Waals surface area (Å²) in [6.07, 6.45) is 6.30. The van der Waals surface area contributed by atoms with Crippen molar-refractivity contribution in [3.8, 4) is 0 Å². The molecule has 1 aromatic carbocycles. The number of fused-ring (bicyclic) bond motifs is 1. The van der Waals surface area contributed by atoms with Gasteiger partial charge < -0.3 is 10.0 Å². The highest BCUT2D eigenvalue weighted by Crippen LogP contribution is 2.32. The third kappa shape index (κ3) is 3.71. The first-order valence-corrected chi connectivity index (χ1v) is 10.5. The molecular weight excluding hydrogens is 376 g/mol. The minimum Gasteiger partial charge on any atom is -0.477 e. The molecule has 4 rings (SSSR count). The van der Waals surface area contributed by atoms with E-state index in [9.17, 15) is 14.4 Å². The summed E-state index contributed by atoms with van der Waals surface area (Å²) in [5, 5.41) is 9.89. The van der Waals surface area contributed by atoms with Gasteiger partial charge in [-0.3, -0.25) is 9.59 Å². The molecule has 1 aromatic heterocycles. The minimum atomic E-state index is -0.946. The average molecular weight is 398 g/mol. The van der Waals surface area contributed by atoms with Crippen molar-refractivity contribution >= 4 is 29.0 Å². The molecule has 0 radical (unpaired) electrons. The number of aryl methyl sites for hydroxylation is 1. The van der Waals surface area contributed by atoms with Gasteiger partial charge in [-0.1, -0.05) is 6.07 Å². The van der Waals surface area contributed by atoms with Gasteiger partial charge in [-0.25, -0.2) is 9.78 Å². The molecule has 1 N–H and O–H groups in total. The van der Waals surface area contributed by atoms with Crippen molar-refractivity contribution in [2.75, 3.05) is 13.1 Å². The number of likely N-dealkylation sites (tertiary alicyclic amines) is 1. The van der Waals surface area contributed by atoms with Crippen LogP contribution in [0.15, 0.2) is 24.4 Å². The number of thiazole rings is 1. The van der Waals surface area contributed by atoms with E-state index in [1.54, 1.807) is 6.07 Å². The third-order valence-corrected chi connectivity index (χ3v) is 6.77. The topological polar surface area (TPSA) is 87.6 Å². The number of rotatable bonds is 3. The molecule has 1 amide bonds. The van der Waals surface area contributed by atoms with E-state index in [1.165, 1.54) is 17.5 Å². The number of ketones is 1. The molecule has 1 fully saturated rings. The largest absolute Gasteiger partial charge is 0.477 e. The standard InChI is InChI=1S/C21H22N2O4S/c24-17-4-2-1-3-14-11-15(5-6-16(14)17)20(25)23-9-7-13(8-10-23)19-22-12-18(28-19)21(26)27/h5-6,11-13H,1-4,7-10H2,(H,26,27). The first-order valence-electron chi connectivity index (χ1n) is 9.67. The summed E-state index contributed by atoms with van der Waals surface area (Å²) >= 11 is 1.23. The van der Waals surface area contributed by atoms with Crippen LogP contribution in [-0.2, 0) is 6.42 Å². The molecule has 2 aromatic rings. The molecule has 0 spiro atoms. The molecule has 0 atom stereocenters. The maximum absolute atomic E-state index is 12.9. The SMILES string of the molecule is O=C(O)c1cnc(C2CCN(C(=O)c3ccc4c(c3)CCCCC4=O)CC2)s1. The number of Topliss-reactive ketones (excluding diaryl/α,β-unsaturated/α-hetero) is 1. The van der Waals surface area contributed by atoms with Gasteiger partial charge in [0.1, 0.15) is 4.88 Å². The van der Waals surface area contributed by atoms with Gasteiger partial charge in [0.2, 0.25) is 0 Å². The molecule has 7 heteroatoms. The molecule has 0 unspecified atom stereocenters. The third-order valence-electron chi connectivity index (χ3n) is 5.62. The van der Waals surface area contributed by atoms with Crippen LogP contribution in [-0.4, -0.2) is 45.7 Å². The Balaban J connectivity index is 1.43. The molecule has 146 valence electrons. The lowest BCUT2D eigenvalue weighted by molar-refractivity contribution is 0.0697.